The monoisotopic (exact) mass is 828 g/mol. The Kier molecular flexibility index (Phi) is 8.53. The quantitative estimate of drug-likeness (QED) is 0.149. The third-order valence-electron chi connectivity index (χ3n) is 13.2. The Morgan fingerprint density at radius 1 is 0.323 bits per heavy atom. The summed E-state index contributed by atoms with van der Waals surface area (Å²) in [6, 6.07) is 87.8. The molecule has 304 valence electrons. The smallest absolute Gasteiger partial charge is 0.143 e. The van der Waals surface area contributed by atoms with E-state index in [4.69, 9.17) is 4.42 Å². The Morgan fingerprint density at radius 3 is 1.71 bits per heavy atom. The molecule has 0 N–H and O–H groups in total. The van der Waals surface area contributed by atoms with E-state index in [9.17, 15) is 0 Å². The van der Waals surface area contributed by atoms with Gasteiger partial charge in [-0.1, -0.05) is 188 Å². The normalized spacial score (nSPS) is 11.7. The summed E-state index contributed by atoms with van der Waals surface area (Å²) in [7, 11) is 0. The van der Waals surface area contributed by atoms with Crippen molar-refractivity contribution >= 4 is 82.4 Å². The molecule has 0 radical (unpaired) electrons. The van der Waals surface area contributed by atoms with Gasteiger partial charge < -0.3 is 13.9 Å². The van der Waals surface area contributed by atoms with E-state index in [0.717, 1.165) is 66.9 Å². The summed E-state index contributed by atoms with van der Waals surface area (Å²) in [4.78, 5) is 2.42. The fourth-order valence-electron chi connectivity index (χ4n) is 10.2. The van der Waals surface area contributed by atoms with Crippen LogP contribution in [0.2, 0.25) is 0 Å². The molecule has 2 heterocycles. The minimum atomic E-state index is 0.895. The first-order chi connectivity index (χ1) is 32.2. The number of para-hydroxylation sites is 4. The molecule has 0 unspecified atom stereocenters. The number of hydrogen-bond donors (Lipinski definition) is 0. The van der Waals surface area contributed by atoms with Crippen molar-refractivity contribution in [3.63, 3.8) is 0 Å². The van der Waals surface area contributed by atoms with Crippen molar-refractivity contribution in [1.82, 2.24) is 4.57 Å². The van der Waals surface area contributed by atoms with Gasteiger partial charge in [0.2, 0.25) is 0 Å². The van der Waals surface area contributed by atoms with Gasteiger partial charge in [-0.3, -0.25) is 0 Å². The summed E-state index contributed by atoms with van der Waals surface area (Å²) in [5.74, 6) is 0. The molecule has 0 saturated carbocycles. The second-order valence-electron chi connectivity index (χ2n) is 16.8. The zero-order valence-electron chi connectivity index (χ0n) is 35.4. The molecule has 0 aliphatic heterocycles. The van der Waals surface area contributed by atoms with Crippen molar-refractivity contribution in [1.29, 1.82) is 0 Å². The van der Waals surface area contributed by atoms with E-state index in [1.54, 1.807) is 0 Å². The van der Waals surface area contributed by atoms with Crippen LogP contribution < -0.4 is 4.90 Å². The first-order valence-electron chi connectivity index (χ1n) is 22.2. The summed E-state index contributed by atoms with van der Waals surface area (Å²) in [6.45, 7) is 0. The highest BCUT2D eigenvalue weighted by Gasteiger charge is 2.21. The van der Waals surface area contributed by atoms with Gasteiger partial charge in [0, 0.05) is 49.4 Å². The molecule has 3 nitrogen and oxygen atoms in total. The average molecular weight is 829 g/mol. The molecule has 0 aliphatic rings. The zero-order valence-corrected chi connectivity index (χ0v) is 35.4. The summed E-state index contributed by atoms with van der Waals surface area (Å²) in [5.41, 5.74) is 15.4. The van der Waals surface area contributed by atoms with Crippen LogP contribution in [-0.4, -0.2) is 4.57 Å². The topological polar surface area (TPSA) is 21.3 Å². The van der Waals surface area contributed by atoms with Crippen LogP contribution in [0, 0.1) is 0 Å². The highest BCUT2D eigenvalue weighted by atomic mass is 16.3. The largest absolute Gasteiger partial charge is 0.455 e. The molecule has 13 aromatic rings. The van der Waals surface area contributed by atoms with Gasteiger partial charge in [0.15, 0.2) is 0 Å². The van der Waals surface area contributed by atoms with Crippen molar-refractivity contribution < 1.29 is 4.42 Å². The number of rotatable bonds is 7. The van der Waals surface area contributed by atoms with Crippen LogP contribution in [0.5, 0.6) is 0 Å². The first kappa shape index (κ1) is 36.9. The van der Waals surface area contributed by atoms with E-state index in [2.05, 4.69) is 246 Å². The van der Waals surface area contributed by atoms with Gasteiger partial charge >= 0.3 is 0 Å². The van der Waals surface area contributed by atoms with Crippen molar-refractivity contribution in [3.8, 4) is 39.1 Å². The van der Waals surface area contributed by atoms with Gasteiger partial charge in [-0.05, 0) is 93.0 Å². The second kappa shape index (κ2) is 15.0. The molecule has 3 heteroatoms. The maximum absolute atomic E-state index is 6.57. The van der Waals surface area contributed by atoms with Crippen LogP contribution in [0.25, 0.3) is 104 Å². The molecule has 0 bridgehead atoms. The third-order valence-corrected chi connectivity index (χ3v) is 13.2. The Bertz CT molecular complexity index is 3900. The fourth-order valence-corrected chi connectivity index (χ4v) is 10.2. The van der Waals surface area contributed by atoms with Gasteiger partial charge in [0.05, 0.1) is 22.4 Å². The SMILES string of the molecule is c1ccc(-c2ccc(-c3ccc(N(c4cccc(-c5cccc6c5oc5ccccc56)c4)c4cc5ccccc5c5ccccc45)cc3)c(-n3c4ccccc4c4ccccc43)c2)cc1. The molecule has 0 aliphatic carbocycles. The molecule has 0 atom stereocenters. The Labute approximate surface area is 376 Å². The van der Waals surface area contributed by atoms with E-state index < -0.39 is 0 Å². The predicted molar refractivity (Wildman–Crippen MR) is 274 cm³/mol. The summed E-state index contributed by atoms with van der Waals surface area (Å²) < 4.78 is 9.02. The van der Waals surface area contributed by atoms with Gasteiger partial charge in [-0.2, -0.15) is 0 Å². The zero-order chi connectivity index (χ0) is 42.8. The lowest BCUT2D eigenvalue weighted by atomic mass is 9.96. The van der Waals surface area contributed by atoms with Gasteiger partial charge in [-0.25, -0.2) is 0 Å². The van der Waals surface area contributed by atoms with Gasteiger partial charge in [0.1, 0.15) is 11.2 Å². The lowest BCUT2D eigenvalue weighted by molar-refractivity contribution is 0.670. The average Bonchev–Trinajstić information content (AvgIpc) is 3.93. The van der Waals surface area contributed by atoms with Crippen LogP contribution in [0.15, 0.2) is 247 Å². The van der Waals surface area contributed by atoms with E-state index >= 15 is 0 Å². The number of benzene rings is 11. The molecule has 11 aromatic carbocycles. The predicted octanol–water partition coefficient (Wildman–Crippen LogP) is 17.5. The highest BCUT2D eigenvalue weighted by molar-refractivity contribution is 6.15. The standard InChI is InChI=1S/C62H40N2O/c1-2-16-41(17-3-1)43-34-37-49(59(39-43)64-57-29-11-8-24-53(57)54-25-9-12-30-58(54)64)42-32-35-46(36-33-42)63(60-40-45-18-4-5-21-48(45)51-22-6-7-23-52(51)60)47-20-14-19-44(38-47)50-27-15-28-56-55-26-10-13-31-61(55)65-62(50)56/h1-40H. The van der Waals surface area contributed by atoms with Crippen molar-refractivity contribution in [3.05, 3.63) is 243 Å². The Balaban J connectivity index is 1.01. The lowest BCUT2D eigenvalue weighted by Crippen LogP contribution is -2.11. The first-order valence-corrected chi connectivity index (χ1v) is 22.2. The van der Waals surface area contributed by atoms with Gasteiger partial charge in [-0.15, -0.1) is 0 Å². The van der Waals surface area contributed by atoms with Gasteiger partial charge in [0.25, 0.3) is 0 Å². The summed E-state index contributed by atoms with van der Waals surface area (Å²) in [6.07, 6.45) is 0. The van der Waals surface area contributed by atoms with E-state index in [1.807, 2.05) is 6.07 Å². The minimum Gasteiger partial charge on any atom is -0.455 e. The maximum Gasteiger partial charge on any atom is 0.143 e. The Morgan fingerprint density at radius 2 is 0.923 bits per heavy atom. The molecular formula is C62H40N2O. The van der Waals surface area contributed by atoms with E-state index in [-0.39, 0.29) is 0 Å². The molecule has 13 rings (SSSR count). The van der Waals surface area contributed by atoms with E-state index in [0.29, 0.717) is 0 Å². The van der Waals surface area contributed by atoms with Crippen molar-refractivity contribution in [2.45, 2.75) is 0 Å². The number of nitrogens with zero attached hydrogens (tertiary/aromatic N) is 2. The van der Waals surface area contributed by atoms with Crippen molar-refractivity contribution in [2.75, 3.05) is 4.90 Å². The Hall–Kier alpha value is -8.66. The third kappa shape index (κ3) is 6.05. The van der Waals surface area contributed by atoms with Crippen LogP contribution in [0.3, 0.4) is 0 Å². The number of hydrogen-bond acceptors (Lipinski definition) is 2. The number of anilines is 3. The van der Waals surface area contributed by atoms with Crippen LogP contribution in [-0.2, 0) is 0 Å². The number of furan rings is 1. The second-order valence-corrected chi connectivity index (χ2v) is 16.8. The van der Waals surface area contributed by atoms with Crippen molar-refractivity contribution in [2.24, 2.45) is 0 Å². The molecule has 65 heavy (non-hydrogen) atoms. The van der Waals surface area contributed by atoms with Crippen LogP contribution in [0.1, 0.15) is 0 Å². The molecule has 0 fully saturated rings. The van der Waals surface area contributed by atoms with Crippen LogP contribution >= 0.6 is 0 Å². The molecule has 0 amide bonds. The molecular weight excluding hydrogens is 789 g/mol. The molecule has 2 aromatic heterocycles. The number of aromatic nitrogens is 1. The van der Waals surface area contributed by atoms with E-state index in [1.165, 1.54) is 54.5 Å². The highest BCUT2D eigenvalue weighted by Crippen LogP contribution is 2.45. The summed E-state index contributed by atoms with van der Waals surface area (Å²) in [5, 5.41) is 9.57. The summed E-state index contributed by atoms with van der Waals surface area (Å²) >= 11 is 0. The lowest BCUT2D eigenvalue weighted by Gasteiger charge is -2.28. The molecule has 0 spiro atoms. The van der Waals surface area contributed by atoms with Crippen LogP contribution in [0.4, 0.5) is 17.1 Å². The fraction of sp³-hybridized carbons (Fsp3) is 0. The maximum atomic E-state index is 6.57. The minimum absolute atomic E-state index is 0.895. The number of fused-ring (bicyclic) bond motifs is 9. The molecule has 0 saturated heterocycles.